The van der Waals surface area contributed by atoms with Gasteiger partial charge in [-0.2, -0.15) is 5.10 Å². The second-order valence-corrected chi connectivity index (χ2v) is 6.51. The average Bonchev–Trinajstić information content (AvgIpc) is 2.81. The van der Waals surface area contributed by atoms with Crippen LogP contribution in [0.3, 0.4) is 0 Å². The molecule has 3 aromatic rings. The molecule has 0 radical (unpaired) electrons. The zero-order chi connectivity index (χ0) is 17.0. The Labute approximate surface area is 137 Å². The summed E-state index contributed by atoms with van der Waals surface area (Å²) in [6.07, 6.45) is 0. The maximum Gasteiger partial charge on any atom is 0.167 e. The van der Waals surface area contributed by atoms with Gasteiger partial charge in [0.05, 0.1) is 11.3 Å². The molecule has 23 heavy (non-hydrogen) atoms. The Morgan fingerprint density at radius 1 is 0.609 bits per heavy atom. The largest absolute Gasteiger partial charge is 0.219 e. The number of hydrogen-bond acceptors (Lipinski definition) is 3. The van der Waals surface area contributed by atoms with Crippen LogP contribution in [0.25, 0.3) is 16.8 Å². The van der Waals surface area contributed by atoms with Crippen molar-refractivity contribution < 1.29 is 0 Å². The molecule has 1 aromatic carbocycles. The van der Waals surface area contributed by atoms with E-state index in [1.807, 2.05) is 18.4 Å². The number of fused-ring (bicyclic) bond motifs is 1. The number of hydrogen-bond donors (Lipinski definition) is 0. The van der Waals surface area contributed by atoms with Gasteiger partial charge < -0.3 is 0 Å². The highest BCUT2D eigenvalue weighted by atomic mass is 15.3. The Bertz CT molecular complexity index is 919. The summed E-state index contributed by atoms with van der Waals surface area (Å²) in [6.45, 7) is 17.0. The van der Waals surface area contributed by atoms with E-state index in [2.05, 4.69) is 56.6 Å². The molecule has 0 saturated heterocycles. The summed E-state index contributed by atoms with van der Waals surface area (Å²) < 4.78 is 1.86. The molecule has 0 aliphatic rings. The summed E-state index contributed by atoms with van der Waals surface area (Å²) in [7, 11) is 0. The van der Waals surface area contributed by atoms with Crippen LogP contribution in [0.15, 0.2) is 0 Å². The number of benzene rings is 1. The van der Waals surface area contributed by atoms with Crippen molar-refractivity contribution in [1.29, 1.82) is 0 Å². The lowest BCUT2D eigenvalue weighted by molar-refractivity contribution is 0.808. The van der Waals surface area contributed by atoms with Gasteiger partial charge in [0, 0.05) is 0 Å². The first-order valence-corrected chi connectivity index (χ1v) is 8.02. The molecule has 0 aliphatic heterocycles. The van der Waals surface area contributed by atoms with Crippen LogP contribution in [0.4, 0.5) is 0 Å². The second kappa shape index (κ2) is 5.15. The van der Waals surface area contributed by atoms with Crippen LogP contribution >= 0.6 is 0 Å². The summed E-state index contributed by atoms with van der Waals surface area (Å²) in [5.41, 5.74) is 11.0. The lowest BCUT2D eigenvalue weighted by Gasteiger charge is -2.18. The first kappa shape index (κ1) is 15.7. The molecule has 0 saturated carbocycles. The Balaban J connectivity index is 2.50. The number of aryl methyl sites for hydroxylation is 3. The van der Waals surface area contributed by atoms with Gasteiger partial charge in [-0.25, -0.2) is 14.5 Å². The minimum absolute atomic E-state index is 0.784. The normalized spacial score (nSPS) is 11.5. The third-order valence-electron chi connectivity index (χ3n) is 5.18. The van der Waals surface area contributed by atoms with Crippen LogP contribution in [-0.4, -0.2) is 19.6 Å². The predicted octanol–water partition coefficient (Wildman–Crippen LogP) is 4.26. The van der Waals surface area contributed by atoms with Gasteiger partial charge in [0.15, 0.2) is 5.65 Å². The van der Waals surface area contributed by atoms with Crippen molar-refractivity contribution in [3.63, 3.8) is 0 Å². The van der Waals surface area contributed by atoms with E-state index in [4.69, 9.17) is 0 Å². The highest BCUT2D eigenvalue weighted by Gasteiger charge is 2.21. The number of rotatable bonds is 1. The molecule has 0 bridgehead atoms. The van der Waals surface area contributed by atoms with Crippen molar-refractivity contribution >= 4 is 5.65 Å². The minimum Gasteiger partial charge on any atom is -0.219 e. The van der Waals surface area contributed by atoms with Gasteiger partial charge >= 0.3 is 0 Å². The van der Waals surface area contributed by atoms with Crippen LogP contribution < -0.4 is 0 Å². The first-order valence-electron chi connectivity index (χ1n) is 8.02. The molecule has 0 amide bonds. The molecule has 0 fully saturated rings. The maximum atomic E-state index is 4.69. The Hall–Kier alpha value is -2.23. The predicted molar refractivity (Wildman–Crippen MR) is 94.1 cm³/mol. The molecule has 4 nitrogen and oxygen atoms in total. The molecule has 0 atom stereocenters. The molecule has 0 spiro atoms. The number of nitrogens with zero attached hydrogens (tertiary/aromatic N) is 4. The molecular formula is C19H24N4. The van der Waals surface area contributed by atoms with Gasteiger partial charge in [-0.3, -0.25) is 0 Å². The fourth-order valence-corrected chi connectivity index (χ4v) is 3.47. The monoisotopic (exact) mass is 308 g/mol. The van der Waals surface area contributed by atoms with Crippen molar-refractivity contribution in [1.82, 2.24) is 19.6 Å². The van der Waals surface area contributed by atoms with Crippen LogP contribution in [0.5, 0.6) is 0 Å². The van der Waals surface area contributed by atoms with E-state index in [1.165, 1.54) is 33.4 Å². The molecule has 2 aromatic heterocycles. The van der Waals surface area contributed by atoms with Gasteiger partial charge in [-0.1, -0.05) is 0 Å². The summed E-state index contributed by atoms with van der Waals surface area (Å²) in [6, 6.07) is 0. The van der Waals surface area contributed by atoms with Crippen LogP contribution in [0, 0.1) is 55.4 Å². The molecule has 0 unspecified atom stereocenters. The Morgan fingerprint density at radius 2 is 1.13 bits per heavy atom. The topological polar surface area (TPSA) is 43.1 Å². The SMILES string of the molecule is Cc1nc(C)n2nc(C)c(-c3c(C)c(C)c(C)c(C)c3C)c2n1. The smallest absolute Gasteiger partial charge is 0.167 e. The molecule has 2 heterocycles. The lowest BCUT2D eigenvalue weighted by Crippen LogP contribution is -2.03. The van der Waals surface area contributed by atoms with Crippen LogP contribution in [0.1, 0.15) is 45.2 Å². The molecule has 4 heteroatoms. The van der Waals surface area contributed by atoms with E-state index in [0.29, 0.717) is 0 Å². The Kier molecular flexibility index (Phi) is 3.51. The van der Waals surface area contributed by atoms with Crippen molar-refractivity contribution in [3.05, 3.63) is 45.2 Å². The molecular weight excluding hydrogens is 284 g/mol. The van der Waals surface area contributed by atoms with E-state index in [9.17, 15) is 0 Å². The van der Waals surface area contributed by atoms with Crippen molar-refractivity contribution in [2.75, 3.05) is 0 Å². The third kappa shape index (κ3) is 2.16. The summed E-state index contributed by atoms with van der Waals surface area (Å²) in [5, 5.41) is 4.69. The fraction of sp³-hybridized carbons (Fsp3) is 0.421. The highest BCUT2D eigenvalue weighted by molar-refractivity contribution is 5.85. The van der Waals surface area contributed by atoms with Crippen LogP contribution in [0.2, 0.25) is 0 Å². The molecule has 3 rings (SSSR count). The van der Waals surface area contributed by atoms with Gasteiger partial charge in [0.1, 0.15) is 11.6 Å². The van der Waals surface area contributed by atoms with Gasteiger partial charge in [0.2, 0.25) is 0 Å². The van der Waals surface area contributed by atoms with Crippen molar-refractivity contribution in [2.45, 2.75) is 55.4 Å². The Morgan fingerprint density at radius 3 is 1.70 bits per heavy atom. The minimum atomic E-state index is 0.784. The zero-order valence-corrected chi connectivity index (χ0v) is 15.3. The van der Waals surface area contributed by atoms with E-state index in [1.54, 1.807) is 0 Å². The first-order chi connectivity index (χ1) is 10.7. The quantitative estimate of drug-likeness (QED) is 0.674. The third-order valence-corrected chi connectivity index (χ3v) is 5.18. The standard InChI is InChI=1S/C19H24N4/c1-9-10(2)12(4)17(13(5)11(9)3)18-14(6)22-23-16(8)20-15(7)21-19(18)23/h1-8H3. The summed E-state index contributed by atoms with van der Waals surface area (Å²) in [4.78, 5) is 9.12. The van der Waals surface area contributed by atoms with Crippen LogP contribution in [-0.2, 0) is 0 Å². The van der Waals surface area contributed by atoms with E-state index in [0.717, 1.165) is 28.6 Å². The fourth-order valence-electron chi connectivity index (χ4n) is 3.47. The van der Waals surface area contributed by atoms with Gasteiger partial charge in [0.25, 0.3) is 0 Å². The molecule has 0 aliphatic carbocycles. The second-order valence-electron chi connectivity index (χ2n) is 6.51. The van der Waals surface area contributed by atoms with Crippen molar-refractivity contribution in [3.8, 4) is 11.1 Å². The zero-order valence-electron chi connectivity index (χ0n) is 15.3. The van der Waals surface area contributed by atoms with E-state index < -0.39 is 0 Å². The average molecular weight is 308 g/mol. The highest BCUT2D eigenvalue weighted by Crippen LogP contribution is 2.37. The maximum absolute atomic E-state index is 4.69. The summed E-state index contributed by atoms with van der Waals surface area (Å²) >= 11 is 0. The molecule has 120 valence electrons. The van der Waals surface area contributed by atoms with E-state index in [-0.39, 0.29) is 0 Å². The lowest BCUT2D eigenvalue weighted by atomic mass is 9.86. The molecule has 0 N–H and O–H groups in total. The number of aromatic nitrogens is 4. The summed E-state index contributed by atoms with van der Waals surface area (Å²) in [5.74, 6) is 1.66. The van der Waals surface area contributed by atoms with Crippen molar-refractivity contribution in [2.24, 2.45) is 0 Å². The van der Waals surface area contributed by atoms with E-state index >= 15 is 0 Å². The van der Waals surface area contributed by atoms with Gasteiger partial charge in [-0.15, -0.1) is 0 Å². The van der Waals surface area contributed by atoms with Gasteiger partial charge in [-0.05, 0) is 88.8 Å².